The van der Waals surface area contributed by atoms with Gasteiger partial charge in [0.15, 0.2) is 5.78 Å². The van der Waals surface area contributed by atoms with Gasteiger partial charge < -0.3 is 5.32 Å². The number of sulfonamides is 1. The Hall–Kier alpha value is -2.38. The Balaban J connectivity index is 2.34. The van der Waals surface area contributed by atoms with Gasteiger partial charge in [-0.3, -0.25) is 14.3 Å². The van der Waals surface area contributed by atoms with Gasteiger partial charge >= 0.3 is 0 Å². The van der Waals surface area contributed by atoms with Gasteiger partial charge in [0.25, 0.3) is 10.0 Å². The van der Waals surface area contributed by atoms with Crippen molar-refractivity contribution in [2.75, 3.05) is 10.0 Å². The van der Waals surface area contributed by atoms with Gasteiger partial charge in [0.05, 0.1) is 21.2 Å². The van der Waals surface area contributed by atoms with Gasteiger partial charge in [-0.25, -0.2) is 8.42 Å². The van der Waals surface area contributed by atoms with Crippen LogP contribution in [0.15, 0.2) is 47.4 Å². The summed E-state index contributed by atoms with van der Waals surface area (Å²) in [6.45, 7) is 2.66. The summed E-state index contributed by atoms with van der Waals surface area (Å²) >= 11 is 5.97. The minimum Gasteiger partial charge on any atom is -0.326 e. The molecule has 0 aliphatic rings. The molecule has 2 rings (SSSR count). The minimum atomic E-state index is -3.90. The quantitative estimate of drug-likeness (QED) is 0.794. The van der Waals surface area contributed by atoms with Crippen LogP contribution in [0.5, 0.6) is 0 Å². The summed E-state index contributed by atoms with van der Waals surface area (Å²) in [7, 11) is -3.90. The van der Waals surface area contributed by atoms with Gasteiger partial charge in [-0.15, -0.1) is 0 Å². The first-order valence-corrected chi connectivity index (χ1v) is 8.77. The van der Waals surface area contributed by atoms with Gasteiger partial charge in [-0.1, -0.05) is 17.7 Å². The van der Waals surface area contributed by atoms with Crippen molar-refractivity contribution >= 4 is 44.7 Å². The molecule has 2 aromatic rings. The van der Waals surface area contributed by atoms with Crippen molar-refractivity contribution < 1.29 is 18.0 Å². The maximum atomic E-state index is 12.5. The molecule has 0 aliphatic heterocycles. The van der Waals surface area contributed by atoms with Gasteiger partial charge in [-0.2, -0.15) is 0 Å². The topological polar surface area (TPSA) is 92.3 Å². The average Bonchev–Trinajstić information content (AvgIpc) is 2.46. The molecule has 0 radical (unpaired) electrons. The standard InChI is InChI=1S/C16H15ClN2O4S/c1-10(20)16-14(17)4-3-5-15(16)19-24(22,23)13-8-6-12(7-9-13)18-11(2)21/h3-9,19H,1-2H3,(H,18,21). The Bertz CT molecular complexity index is 893. The molecule has 0 heterocycles. The molecule has 0 saturated heterocycles. The van der Waals surface area contributed by atoms with Crippen molar-refractivity contribution in [1.82, 2.24) is 0 Å². The van der Waals surface area contributed by atoms with Crippen molar-refractivity contribution in [3.05, 3.63) is 53.1 Å². The lowest BCUT2D eigenvalue weighted by atomic mass is 10.1. The van der Waals surface area contributed by atoms with Crippen LogP contribution in [0.3, 0.4) is 0 Å². The zero-order valence-electron chi connectivity index (χ0n) is 13.0. The van der Waals surface area contributed by atoms with E-state index < -0.39 is 10.0 Å². The van der Waals surface area contributed by atoms with Crippen LogP contribution in [0.1, 0.15) is 24.2 Å². The summed E-state index contributed by atoms with van der Waals surface area (Å²) in [4.78, 5) is 22.7. The van der Waals surface area contributed by atoms with E-state index >= 15 is 0 Å². The highest BCUT2D eigenvalue weighted by atomic mass is 35.5. The number of carbonyl (C=O) groups excluding carboxylic acids is 2. The summed E-state index contributed by atoms with van der Waals surface area (Å²) in [5.41, 5.74) is 0.701. The van der Waals surface area contributed by atoms with Crippen LogP contribution in [-0.4, -0.2) is 20.1 Å². The van der Waals surface area contributed by atoms with E-state index in [0.717, 1.165) is 0 Å². The minimum absolute atomic E-state index is 0.00826. The Kier molecular flexibility index (Phi) is 5.26. The number of halogens is 1. The van der Waals surface area contributed by atoms with Crippen LogP contribution in [0.2, 0.25) is 5.02 Å². The number of anilines is 2. The van der Waals surface area contributed by atoms with Crippen LogP contribution in [0.25, 0.3) is 0 Å². The largest absolute Gasteiger partial charge is 0.326 e. The number of ketones is 1. The zero-order chi connectivity index (χ0) is 17.9. The van der Waals surface area contributed by atoms with Crippen molar-refractivity contribution in [3.63, 3.8) is 0 Å². The van der Waals surface area contributed by atoms with Crippen molar-refractivity contribution in [3.8, 4) is 0 Å². The third kappa shape index (κ3) is 4.12. The molecule has 0 aromatic heterocycles. The highest BCUT2D eigenvalue weighted by molar-refractivity contribution is 7.92. The number of hydrogen-bond acceptors (Lipinski definition) is 4. The Morgan fingerprint density at radius 1 is 1.00 bits per heavy atom. The molecule has 0 fully saturated rings. The summed E-state index contributed by atoms with van der Waals surface area (Å²) in [5.74, 6) is -0.604. The van der Waals surface area contributed by atoms with Crippen LogP contribution in [-0.2, 0) is 14.8 Å². The zero-order valence-corrected chi connectivity index (χ0v) is 14.5. The number of rotatable bonds is 5. The summed E-state index contributed by atoms with van der Waals surface area (Å²) < 4.78 is 27.3. The van der Waals surface area contributed by atoms with Crippen LogP contribution < -0.4 is 10.0 Å². The van der Waals surface area contributed by atoms with E-state index in [4.69, 9.17) is 11.6 Å². The van der Waals surface area contributed by atoms with E-state index in [1.165, 1.54) is 50.2 Å². The first-order valence-electron chi connectivity index (χ1n) is 6.90. The van der Waals surface area contributed by atoms with Gasteiger partial charge in [0, 0.05) is 12.6 Å². The molecule has 0 unspecified atom stereocenters. The number of hydrogen-bond donors (Lipinski definition) is 2. The van der Waals surface area contributed by atoms with E-state index in [9.17, 15) is 18.0 Å². The molecule has 0 aliphatic carbocycles. The maximum Gasteiger partial charge on any atom is 0.261 e. The second-order valence-corrected chi connectivity index (χ2v) is 7.12. The summed E-state index contributed by atoms with van der Waals surface area (Å²) in [6, 6.07) is 10.2. The Morgan fingerprint density at radius 3 is 2.17 bits per heavy atom. The number of carbonyl (C=O) groups is 2. The first kappa shape index (κ1) is 18.0. The highest BCUT2D eigenvalue weighted by Crippen LogP contribution is 2.27. The van der Waals surface area contributed by atoms with E-state index in [-0.39, 0.29) is 32.9 Å². The van der Waals surface area contributed by atoms with Crippen molar-refractivity contribution in [2.45, 2.75) is 18.7 Å². The molecule has 0 atom stereocenters. The third-order valence-electron chi connectivity index (χ3n) is 3.09. The lowest BCUT2D eigenvalue weighted by Gasteiger charge is -2.12. The lowest BCUT2D eigenvalue weighted by molar-refractivity contribution is -0.114. The highest BCUT2D eigenvalue weighted by Gasteiger charge is 2.19. The average molecular weight is 367 g/mol. The lowest BCUT2D eigenvalue weighted by Crippen LogP contribution is -2.15. The predicted molar refractivity (Wildman–Crippen MR) is 93.0 cm³/mol. The van der Waals surface area contributed by atoms with Gasteiger partial charge in [0.2, 0.25) is 5.91 Å². The van der Waals surface area contributed by atoms with Gasteiger partial charge in [0.1, 0.15) is 0 Å². The van der Waals surface area contributed by atoms with E-state index in [1.807, 2.05) is 0 Å². The molecule has 1 amide bonds. The van der Waals surface area contributed by atoms with Crippen molar-refractivity contribution in [1.29, 1.82) is 0 Å². The first-order chi connectivity index (χ1) is 11.2. The van der Waals surface area contributed by atoms with E-state index in [1.54, 1.807) is 6.07 Å². The molecule has 0 saturated carbocycles. The summed E-state index contributed by atoms with van der Waals surface area (Å²) in [5, 5.41) is 2.72. The number of Topliss-reactive ketones (excluding diaryl/α,β-unsaturated/α-hetero) is 1. The molecular formula is C16H15ClN2O4S. The fraction of sp³-hybridized carbons (Fsp3) is 0.125. The molecule has 8 heteroatoms. The normalized spacial score (nSPS) is 11.0. The van der Waals surface area contributed by atoms with Crippen LogP contribution >= 0.6 is 11.6 Å². The predicted octanol–water partition coefficient (Wildman–Crippen LogP) is 3.30. The second kappa shape index (κ2) is 7.02. The molecule has 2 aromatic carbocycles. The SMILES string of the molecule is CC(=O)Nc1ccc(S(=O)(=O)Nc2cccc(Cl)c2C(C)=O)cc1. The third-order valence-corrected chi connectivity index (χ3v) is 4.79. The molecule has 126 valence electrons. The fourth-order valence-electron chi connectivity index (χ4n) is 2.09. The van der Waals surface area contributed by atoms with Crippen LogP contribution in [0.4, 0.5) is 11.4 Å². The van der Waals surface area contributed by atoms with E-state index in [0.29, 0.717) is 5.69 Å². The number of benzene rings is 2. The smallest absolute Gasteiger partial charge is 0.261 e. The monoisotopic (exact) mass is 366 g/mol. The number of amides is 1. The molecule has 24 heavy (non-hydrogen) atoms. The fourth-order valence-corrected chi connectivity index (χ4v) is 3.47. The summed E-state index contributed by atoms with van der Waals surface area (Å²) in [6.07, 6.45) is 0. The van der Waals surface area contributed by atoms with E-state index in [2.05, 4.69) is 10.0 Å². The Morgan fingerprint density at radius 2 is 1.62 bits per heavy atom. The Labute approximate surface area is 144 Å². The number of nitrogens with one attached hydrogen (secondary N) is 2. The second-order valence-electron chi connectivity index (χ2n) is 5.03. The molecule has 6 nitrogen and oxygen atoms in total. The molecule has 0 spiro atoms. The molecule has 2 N–H and O–H groups in total. The molecule has 0 bridgehead atoms. The molecular weight excluding hydrogens is 352 g/mol. The van der Waals surface area contributed by atoms with Crippen molar-refractivity contribution in [2.24, 2.45) is 0 Å². The van der Waals surface area contributed by atoms with Gasteiger partial charge in [-0.05, 0) is 43.3 Å². The maximum absolute atomic E-state index is 12.5. The van der Waals surface area contributed by atoms with Crippen LogP contribution in [0, 0.1) is 0 Å².